The van der Waals surface area contributed by atoms with Crippen LogP contribution < -0.4 is 5.32 Å². The van der Waals surface area contributed by atoms with Crippen LogP contribution >= 0.6 is 0 Å². The van der Waals surface area contributed by atoms with Gasteiger partial charge in [-0.2, -0.15) is 0 Å². The second kappa shape index (κ2) is 8.30. The van der Waals surface area contributed by atoms with Crippen molar-refractivity contribution in [3.8, 4) is 0 Å². The number of rotatable bonds is 6. The number of fused-ring (bicyclic) bond motifs is 1. The zero-order chi connectivity index (χ0) is 20.3. The van der Waals surface area contributed by atoms with Gasteiger partial charge in [-0.1, -0.05) is 17.7 Å². The van der Waals surface area contributed by atoms with Gasteiger partial charge in [0.05, 0.1) is 0 Å². The van der Waals surface area contributed by atoms with Crippen LogP contribution in [0, 0.1) is 13.8 Å². The Morgan fingerprint density at radius 1 is 1.00 bits per heavy atom. The lowest BCUT2D eigenvalue weighted by Crippen LogP contribution is -2.33. The first-order chi connectivity index (χ1) is 13.4. The van der Waals surface area contributed by atoms with Crippen LogP contribution in [0.25, 0.3) is 10.9 Å². The quantitative estimate of drug-likeness (QED) is 0.693. The number of benzene rings is 2. The van der Waals surface area contributed by atoms with Gasteiger partial charge >= 0.3 is 0 Å². The maximum absolute atomic E-state index is 12.6. The van der Waals surface area contributed by atoms with Gasteiger partial charge in [-0.25, -0.2) is 0 Å². The number of hydrogen-bond donors (Lipinski definition) is 1. The van der Waals surface area contributed by atoms with Crippen LogP contribution in [0.4, 0.5) is 5.69 Å². The van der Waals surface area contributed by atoms with E-state index in [1.165, 1.54) is 0 Å². The van der Waals surface area contributed by atoms with E-state index in [0.717, 1.165) is 27.7 Å². The van der Waals surface area contributed by atoms with Crippen molar-refractivity contribution in [3.63, 3.8) is 0 Å². The fourth-order valence-electron chi connectivity index (χ4n) is 3.50. The summed E-state index contributed by atoms with van der Waals surface area (Å²) in [5, 5.41) is 3.97. The average molecular weight is 377 g/mol. The van der Waals surface area contributed by atoms with Crippen LogP contribution in [-0.4, -0.2) is 34.4 Å². The molecule has 1 N–H and O–H groups in total. The van der Waals surface area contributed by atoms with Crippen LogP contribution in [-0.2, 0) is 11.3 Å². The Labute approximate surface area is 166 Å². The zero-order valence-corrected chi connectivity index (χ0v) is 17.0. The molecule has 5 heteroatoms. The molecule has 2 aromatic carbocycles. The Morgan fingerprint density at radius 3 is 2.43 bits per heavy atom. The summed E-state index contributed by atoms with van der Waals surface area (Å²) in [6.45, 7) is 9.67. The number of amides is 2. The molecule has 0 radical (unpaired) electrons. The first-order valence-electron chi connectivity index (χ1n) is 9.68. The van der Waals surface area contributed by atoms with E-state index in [-0.39, 0.29) is 11.8 Å². The summed E-state index contributed by atoms with van der Waals surface area (Å²) in [5.74, 6) is -0.0114. The van der Waals surface area contributed by atoms with E-state index < -0.39 is 0 Å². The van der Waals surface area contributed by atoms with E-state index in [2.05, 4.69) is 5.32 Å². The van der Waals surface area contributed by atoms with Crippen molar-refractivity contribution < 1.29 is 9.59 Å². The summed E-state index contributed by atoms with van der Waals surface area (Å²) >= 11 is 0. The van der Waals surface area contributed by atoms with Gasteiger partial charge in [-0.15, -0.1) is 0 Å². The minimum absolute atomic E-state index is 0.106. The van der Waals surface area contributed by atoms with Crippen molar-refractivity contribution >= 4 is 28.4 Å². The van der Waals surface area contributed by atoms with Crippen LogP contribution in [0.15, 0.2) is 48.7 Å². The molecule has 0 saturated carbocycles. The predicted octanol–water partition coefficient (Wildman–Crippen LogP) is 4.38. The molecule has 28 heavy (non-hydrogen) atoms. The van der Waals surface area contributed by atoms with Gasteiger partial charge in [0, 0.05) is 41.4 Å². The van der Waals surface area contributed by atoms with Crippen molar-refractivity contribution in [2.24, 2.45) is 0 Å². The molecule has 3 aromatic rings. The van der Waals surface area contributed by atoms with Gasteiger partial charge < -0.3 is 14.8 Å². The predicted molar refractivity (Wildman–Crippen MR) is 114 cm³/mol. The number of likely N-dealkylation sites (N-methyl/N-ethyl adjacent to an activating group) is 1. The molecule has 5 nitrogen and oxygen atoms in total. The Balaban J connectivity index is 1.78. The lowest BCUT2D eigenvalue weighted by atomic mass is 10.1. The smallest absolute Gasteiger partial charge is 0.255 e. The third-order valence-corrected chi connectivity index (χ3v) is 5.08. The van der Waals surface area contributed by atoms with Gasteiger partial charge in [0.15, 0.2) is 0 Å². The average Bonchev–Trinajstić information content (AvgIpc) is 3.04. The molecule has 2 amide bonds. The number of carbonyl (C=O) groups excluding carboxylic acids is 2. The Hall–Kier alpha value is -3.08. The number of aryl methyl sites for hydroxylation is 2. The lowest BCUT2D eigenvalue weighted by molar-refractivity contribution is -0.131. The Morgan fingerprint density at radius 2 is 1.75 bits per heavy atom. The maximum atomic E-state index is 12.6. The van der Waals surface area contributed by atoms with Crippen molar-refractivity contribution in [1.29, 1.82) is 0 Å². The molecule has 0 aliphatic heterocycles. The van der Waals surface area contributed by atoms with E-state index >= 15 is 0 Å². The molecule has 0 aliphatic carbocycles. The largest absolute Gasteiger partial charge is 0.342 e. The highest BCUT2D eigenvalue weighted by Crippen LogP contribution is 2.22. The number of hydrogen-bond acceptors (Lipinski definition) is 2. The van der Waals surface area contributed by atoms with Gasteiger partial charge in [-0.05, 0) is 63.6 Å². The minimum Gasteiger partial charge on any atom is -0.342 e. The maximum Gasteiger partial charge on any atom is 0.255 e. The highest BCUT2D eigenvalue weighted by molar-refractivity contribution is 6.06. The summed E-state index contributed by atoms with van der Waals surface area (Å²) in [4.78, 5) is 26.8. The standard InChI is InChI=1S/C23H27N3O2/c1-5-25(6-2)22(27)15-26-12-11-18-14-19(8-10-21(18)26)24-23(28)20-9-7-16(3)13-17(20)4/h7-14H,5-6,15H2,1-4H3,(H,24,28). The van der Waals surface area contributed by atoms with Gasteiger partial charge in [-0.3, -0.25) is 9.59 Å². The van der Waals surface area contributed by atoms with Crippen molar-refractivity contribution in [1.82, 2.24) is 9.47 Å². The molecule has 0 atom stereocenters. The molecule has 0 fully saturated rings. The molecule has 1 heterocycles. The van der Waals surface area contributed by atoms with E-state index in [1.807, 2.05) is 85.8 Å². The third-order valence-electron chi connectivity index (χ3n) is 5.08. The third kappa shape index (κ3) is 4.09. The van der Waals surface area contributed by atoms with Crippen LogP contribution in [0.1, 0.15) is 35.3 Å². The Bertz CT molecular complexity index is 1020. The van der Waals surface area contributed by atoms with E-state index in [4.69, 9.17) is 0 Å². The molecular weight excluding hydrogens is 350 g/mol. The number of carbonyl (C=O) groups is 2. The fourth-order valence-corrected chi connectivity index (χ4v) is 3.50. The summed E-state index contributed by atoms with van der Waals surface area (Å²) in [6, 6.07) is 13.5. The normalized spacial score (nSPS) is 10.9. The van der Waals surface area contributed by atoms with Gasteiger partial charge in [0.2, 0.25) is 5.91 Å². The SMILES string of the molecule is CCN(CC)C(=O)Cn1ccc2cc(NC(=O)c3ccc(C)cc3C)ccc21. The second-order valence-electron chi connectivity index (χ2n) is 7.06. The zero-order valence-electron chi connectivity index (χ0n) is 17.0. The molecule has 0 spiro atoms. The fraction of sp³-hybridized carbons (Fsp3) is 0.304. The van der Waals surface area contributed by atoms with Crippen LogP contribution in [0.3, 0.4) is 0 Å². The molecule has 1 aromatic heterocycles. The van der Waals surface area contributed by atoms with Crippen molar-refractivity contribution in [2.75, 3.05) is 18.4 Å². The second-order valence-corrected chi connectivity index (χ2v) is 7.06. The number of nitrogens with one attached hydrogen (secondary N) is 1. The number of anilines is 1. The van der Waals surface area contributed by atoms with E-state index in [1.54, 1.807) is 0 Å². The molecular formula is C23H27N3O2. The van der Waals surface area contributed by atoms with Crippen LogP contribution in [0.2, 0.25) is 0 Å². The summed E-state index contributed by atoms with van der Waals surface area (Å²) in [5.41, 5.74) is 4.49. The summed E-state index contributed by atoms with van der Waals surface area (Å²) in [6.07, 6.45) is 1.92. The van der Waals surface area contributed by atoms with E-state index in [9.17, 15) is 9.59 Å². The number of aromatic nitrogens is 1. The monoisotopic (exact) mass is 377 g/mol. The van der Waals surface area contributed by atoms with Crippen LogP contribution in [0.5, 0.6) is 0 Å². The molecule has 0 aliphatic rings. The highest BCUT2D eigenvalue weighted by atomic mass is 16.2. The highest BCUT2D eigenvalue weighted by Gasteiger charge is 2.13. The van der Waals surface area contributed by atoms with Crippen molar-refractivity contribution in [3.05, 3.63) is 65.4 Å². The molecule has 3 rings (SSSR count). The van der Waals surface area contributed by atoms with Crippen molar-refractivity contribution in [2.45, 2.75) is 34.2 Å². The molecule has 0 unspecified atom stereocenters. The molecule has 0 saturated heterocycles. The minimum atomic E-state index is -0.118. The topological polar surface area (TPSA) is 54.3 Å². The van der Waals surface area contributed by atoms with Gasteiger partial charge in [0.1, 0.15) is 6.54 Å². The first kappa shape index (κ1) is 19.7. The van der Waals surface area contributed by atoms with Gasteiger partial charge in [0.25, 0.3) is 5.91 Å². The number of nitrogens with zero attached hydrogens (tertiary/aromatic N) is 2. The summed E-state index contributed by atoms with van der Waals surface area (Å²) in [7, 11) is 0. The lowest BCUT2D eigenvalue weighted by Gasteiger charge is -2.19. The Kier molecular flexibility index (Phi) is 5.83. The molecule has 0 bridgehead atoms. The first-order valence-corrected chi connectivity index (χ1v) is 9.68. The summed E-state index contributed by atoms with van der Waals surface area (Å²) < 4.78 is 1.95. The van der Waals surface area contributed by atoms with E-state index in [0.29, 0.717) is 25.2 Å². The molecule has 146 valence electrons.